The van der Waals surface area contributed by atoms with Gasteiger partial charge in [0.2, 0.25) is 0 Å². The maximum absolute atomic E-state index is 12.3. The zero-order chi connectivity index (χ0) is 15.2. The van der Waals surface area contributed by atoms with Crippen molar-refractivity contribution in [1.82, 2.24) is 10.2 Å². The number of rotatable bonds is 3. The summed E-state index contributed by atoms with van der Waals surface area (Å²) >= 11 is 3.43. The second-order valence-electron chi connectivity index (χ2n) is 5.15. The van der Waals surface area contributed by atoms with Gasteiger partial charge in [0.25, 0.3) is 0 Å². The Labute approximate surface area is 132 Å². The third-order valence-corrected chi connectivity index (χ3v) is 4.46. The van der Waals surface area contributed by atoms with Crippen LogP contribution in [-0.2, 0) is 11.3 Å². The van der Waals surface area contributed by atoms with E-state index in [0.29, 0.717) is 19.5 Å². The summed E-state index contributed by atoms with van der Waals surface area (Å²) in [5.74, 6) is -0.923. The number of halogens is 1. The summed E-state index contributed by atoms with van der Waals surface area (Å²) in [5, 5.41) is 12.1. The Morgan fingerprint density at radius 3 is 2.76 bits per heavy atom. The van der Waals surface area contributed by atoms with E-state index in [1.807, 2.05) is 24.3 Å². The number of carbonyl (C=O) groups excluding carboxylic acids is 1. The Morgan fingerprint density at radius 1 is 1.29 bits per heavy atom. The van der Waals surface area contributed by atoms with E-state index < -0.39 is 12.0 Å². The van der Waals surface area contributed by atoms with E-state index in [9.17, 15) is 14.7 Å². The quantitative estimate of drug-likeness (QED) is 0.876. The van der Waals surface area contributed by atoms with Crippen molar-refractivity contribution < 1.29 is 14.7 Å². The van der Waals surface area contributed by atoms with Crippen LogP contribution in [0.1, 0.15) is 31.2 Å². The van der Waals surface area contributed by atoms with Crippen LogP contribution < -0.4 is 5.32 Å². The van der Waals surface area contributed by atoms with Crippen LogP contribution >= 0.6 is 15.9 Å². The molecule has 0 radical (unpaired) electrons. The number of likely N-dealkylation sites (tertiary alicyclic amines) is 1. The number of urea groups is 1. The first-order valence-electron chi connectivity index (χ1n) is 7.10. The lowest BCUT2D eigenvalue weighted by Crippen LogP contribution is -2.49. The van der Waals surface area contributed by atoms with Crippen molar-refractivity contribution >= 4 is 27.9 Å². The first-order chi connectivity index (χ1) is 10.1. The van der Waals surface area contributed by atoms with Gasteiger partial charge in [0.15, 0.2) is 0 Å². The minimum atomic E-state index is -0.923. The van der Waals surface area contributed by atoms with Gasteiger partial charge in [-0.15, -0.1) is 0 Å². The van der Waals surface area contributed by atoms with Gasteiger partial charge in [-0.25, -0.2) is 9.59 Å². The number of hydrogen-bond donors (Lipinski definition) is 2. The molecule has 1 unspecified atom stereocenters. The number of nitrogens with one attached hydrogen (secondary N) is 1. The Balaban J connectivity index is 2.00. The molecule has 1 aliphatic heterocycles. The fourth-order valence-electron chi connectivity index (χ4n) is 2.52. The van der Waals surface area contributed by atoms with E-state index in [-0.39, 0.29) is 6.03 Å². The van der Waals surface area contributed by atoms with Gasteiger partial charge < -0.3 is 15.3 Å². The highest BCUT2D eigenvalue weighted by Gasteiger charge is 2.30. The van der Waals surface area contributed by atoms with Crippen molar-refractivity contribution in [3.05, 3.63) is 34.3 Å². The molecule has 114 valence electrons. The zero-order valence-corrected chi connectivity index (χ0v) is 13.3. The number of carboxylic acid groups (broad SMARTS) is 1. The number of carbonyl (C=O) groups is 2. The Kier molecular flexibility index (Phi) is 5.61. The van der Waals surface area contributed by atoms with Crippen molar-refractivity contribution in [3.63, 3.8) is 0 Å². The summed E-state index contributed by atoms with van der Waals surface area (Å²) in [7, 11) is 0. The van der Waals surface area contributed by atoms with Crippen LogP contribution in [0.15, 0.2) is 28.7 Å². The highest BCUT2D eigenvalue weighted by atomic mass is 79.9. The largest absolute Gasteiger partial charge is 0.480 e. The highest BCUT2D eigenvalue weighted by molar-refractivity contribution is 9.10. The Morgan fingerprint density at radius 2 is 2.05 bits per heavy atom. The summed E-state index contributed by atoms with van der Waals surface area (Å²) in [6.07, 6.45) is 3.20. The predicted molar refractivity (Wildman–Crippen MR) is 83.0 cm³/mol. The van der Waals surface area contributed by atoms with Crippen LogP contribution in [0.2, 0.25) is 0 Å². The van der Waals surface area contributed by atoms with Crippen molar-refractivity contribution in [2.24, 2.45) is 0 Å². The highest BCUT2D eigenvalue weighted by Crippen LogP contribution is 2.18. The molecule has 1 aromatic rings. The maximum Gasteiger partial charge on any atom is 0.326 e. The lowest BCUT2D eigenvalue weighted by molar-refractivity contribution is -0.142. The molecule has 1 saturated heterocycles. The number of benzene rings is 1. The number of aliphatic carboxylic acids is 1. The van der Waals surface area contributed by atoms with Gasteiger partial charge >= 0.3 is 12.0 Å². The van der Waals surface area contributed by atoms with Gasteiger partial charge in [-0.2, -0.15) is 0 Å². The van der Waals surface area contributed by atoms with E-state index in [1.54, 1.807) is 0 Å². The van der Waals surface area contributed by atoms with E-state index >= 15 is 0 Å². The molecular formula is C15H19BrN2O3. The second-order valence-corrected chi connectivity index (χ2v) is 6.00. The first-order valence-corrected chi connectivity index (χ1v) is 7.89. The van der Waals surface area contributed by atoms with Gasteiger partial charge in [0, 0.05) is 17.6 Å². The predicted octanol–water partition coefficient (Wildman–Crippen LogP) is 2.99. The number of amides is 2. The number of carboxylic acids is 1. The summed E-state index contributed by atoms with van der Waals surface area (Å²) in [6, 6.07) is 6.62. The summed E-state index contributed by atoms with van der Waals surface area (Å²) in [5.41, 5.74) is 0.965. The molecule has 2 amide bonds. The summed E-state index contributed by atoms with van der Waals surface area (Å²) in [6.45, 7) is 0.877. The molecule has 2 rings (SSSR count). The van der Waals surface area contributed by atoms with Gasteiger partial charge in [-0.1, -0.05) is 47.0 Å². The lowest BCUT2D eigenvalue weighted by Gasteiger charge is -2.27. The monoisotopic (exact) mass is 354 g/mol. The molecule has 0 spiro atoms. The average Bonchev–Trinajstić information content (AvgIpc) is 2.72. The van der Waals surface area contributed by atoms with Gasteiger partial charge in [-0.3, -0.25) is 0 Å². The Bertz CT molecular complexity index is 521. The van der Waals surface area contributed by atoms with E-state index in [2.05, 4.69) is 21.2 Å². The maximum atomic E-state index is 12.3. The molecular weight excluding hydrogens is 336 g/mol. The molecule has 0 aliphatic carbocycles. The molecule has 0 saturated carbocycles. The molecule has 5 nitrogen and oxygen atoms in total. The SMILES string of the molecule is O=C(O)C1CCCCCN1C(=O)NCc1ccccc1Br. The topological polar surface area (TPSA) is 69.6 Å². The smallest absolute Gasteiger partial charge is 0.326 e. The third kappa shape index (κ3) is 4.20. The first kappa shape index (κ1) is 15.8. The molecule has 6 heteroatoms. The van der Waals surface area contributed by atoms with Crippen LogP contribution in [0, 0.1) is 0 Å². The molecule has 1 aliphatic rings. The normalized spacial score (nSPS) is 18.9. The van der Waals surface area contributed by atoms with E-state index in [1.165, 1.54) is 4.90 Å². The van der Waals surface area contributed by atoms with Crippen molar-refractivity contribution in [3.8, 4) is 0 Å². The van der Waals surface area contributed by atoms with Crippen LogP contribution in [0.3, 0.4) is 0 Å². The van der Waals surface area contributed by atoms with Gasteiger partial charge in [-0.05, 0) is 24.5 Å². The molecule has 1 aromatic carbocycles. The lowest BCUT2D eigenvalue weighted by atomic mass is 10.1. The standard InChI is InChI=1S/C15H19BrN2O3/c16-12-7-4-3-6-11(12)10-17-15(21)18-9-5-1-2-8-13(18)14(19)20/h3-4,6-7,13H,1-2,5,8-10H2,(H,17,21)(H,19,20). The number of hydrogen-bond acceptors (Lipinski definition) is 2. The van der Waals surface area contributed by atoms with Crippen LogP contribution in [-0.4, -0.2) is 34.6 Å². The summed E-state index contributed by atoms with van der Waals surface area (Å²) in [4.78, 5) is 25.1. The van der Waals surface area contributed by atoms with Gasteiger partial charge in [0.1, 0.15) is 6.04 Å². The molecule has 2 N–H and O–H groups in total. The minimum Gasteiger partial charge on any atom is -0.480 e. The van der Waals surface area contributed by atoms with Crippen molar-refractivity contribution in [2.75, 3.05) is 6.54 Å². The third-order valence-electron chi connectivity index (χ3n) is 3.69. The number of nitrogens with zero attached hydrogens (tertiary/aromatic N) is 1. The fraction of sp³-hybridized carbons (Fsp3) is 0.467. The average molecular weight is 355 g/mol. The van der Waals surface area contributed by atoms with E-state index in [4.69, 9.17) is 0 Å². The molecule has 1 atom stereocenters. The molecule has 1 heterocycles. The zero-order valence-electron chi connectivity index (χ0n) is 11.7. The van der Waals surface area contributed by atoms with Crippen molar-refractivity contribution in [2.45, 2.75) is 38.3 Å². The fourth-order valence-corrected chi connectivity index (χ4v) is 2.95. The van der Waals surface area contributed by atoms with Crippen LogP contribution in [0.25, 0.3) is 0 Å². The van der Waals surface area contributed by atoms with Crippen molar-refractivity contribution in [1.29, 1.82) is 0 Å². The minimum absolute atomic E-state index is 0.306. The Hall–Kier alpha value is -1.56. The van der Waals surface area contributed by atoms with E-state index in [0.717, 1.165) is 29.3 Å². The molecule has 1 fully saturated rings. The van der Waals surface area contributed by atoms with Crippen LogP contribution in [0.4, 0.5) is 4.79 Å². The van der Waals surface area contributed by atoms with Gasteiger partial charge in [0.05, 0.1) is 0 Å². The molecule has 0 aromatic heterocycles. The van der Waals surface area contributed by atoms with Crippen LogP contribution in [0.5, 0.6) is 0 Å². The second kappa shape index (κ2) is 7.45. The molecule has 21 heavy (non-hydrogen) atoms. The summed E-state index contributed by atoms with van der Waals surface area (Å²) < 4.78 is 0.927. The molecule has 0 bridgehead atoms.